The maximum absolute atomic E-state index is 13.3. The van der Waals surface area contributed by atoms with Crippen molar-refractivity contribution in [3.05, 3.63) is 83.9 Å². The number of hydrogen-bond acceptors (Lipinski definition) is 7. The summed E-state index contributed by atoms with van der Waals surface area (Å²) in [6.07, 6.45) is 7.42. The molecule has 4 rings (SSSR count). The fraction of sp³-hybridized carbons (Fsp3) is 0.333. The van der Waals surface area contributed by atoms with Gasteiger partial charge in [0.15, 0.2) is 0 Å². The zero-order valence-electron chi connectivity index (χ0n) is 23.5. The third-order valence-electron chi connectivity index (χ3n) is 6.85. The molecule has 1 aliphatic heterocycles. The van der Waals surface area contributed by atoms with Gasteiger partial charge in [0.25, 0.3) is 11.8 Å². The highest BCUT2D eigenvalue weighted by atomic mass is 16.4. The van der Waals surface area contributed by atoms with Crippen LogP contribution in [0.5, 0.6) is 0 Å². The number of nitrogens with zero attached hydrogens (tertiary/aromatic N) is 4. The lowest BCUT2D eigenvalue weighted by molar-refractivity contribution is -0.137. The molecule has 1 saturated heterocycles. The van der Waals surface area contributed by atoms with Crippen LogP contribution in [0.1, 0.15) is 58.5 Å². The third kappa shape index (κ3) is 8.03. The molecule has 12 nitrogen and oxygen atoms in total. The van der Waals surface area contributed by atoms with Crippen molar-refractivity contribution in [1.29, 1.82) is 0 Å². The van der Waals surface area contributed by atoms with E-state index in [-0.39, 0.29) is 17.9 Å². The predicted octanol–water partition coefficient (Wildman–Crippen LogP) is 3.31. The van der Waals surface area contributed by atoms with E-state index in [1.54, 1.807) is 66.0 Å². The van der Waals surface area contributed by atoms with Crippen LogP contribution in [0.15, 0.2) is 67.3 Å². The standard InChI is InChI=1S/C30H35N7O5/c1-2-10-33-30(42)35-25-17-21(28(40)34-24(18-27(38)39)22-6-3-11-31-19-22)8-9-26(25)36-13-5-14-37(16-15-36)29(41)23-7-4-12-32-20-23/h3-4,6-9,11-12,17,19-20,24H,2,5,10,13-16,18H2,1H3,(H,34,40)(H,38,39)(H2,33,35,42). The highest BCUT2D eigenvalue weighted by molar-refractivity contribution is 6.00. The number of hydrogen-bond donors (Lipinski definition) is 4. The molecule has 0 spiro atoms. The van der Waals surface area contributed by atoms with E-state index < -0.39 is 23.9 Å². The molecule has 1 aliphatic rings. The van der Waals surface area contributed by atoms with E-state index in [0.29, 0.717) is 61.6 Å². The summed E-state index contributed by atoms with van der Waals surface area (Å²) in [6.45, 7) is 4.63. The zero-order chi connectivity index (χ0) is 29.9. The van der Waals surface area contributed by atoms with E-state index in [0.717, 1.165) is 6.42 Å². The van der Waals surface area contributed by atoms with Gasteiger partial charge in [0.1, 0.15) is 0 Å². The minimum Gasteiger partial charge on any atom is -0.481 e. The van der Waals surface area contributed by atoms with Crippen LogP contribution in [0, 0.1) is 0 Å². The maximum atomic E-state index is 13.3. The molecule has 1 unspecified atom stereocenters. The molecule has 3 aromatic rings. The van der Waals surface area contributed by atoms with Crippen LogP contribution in [-0.4, -0.2) is 76.5 Å². The van der Waals surface area contributed by atoms with E-state index in [4.69, 9.17) is 0 Å². The molecule has 0 radical (unpaired) electrons. The van der Waals surface area contributed by atoms with Gasteiger partial charge in [-0.2, -0.15) is 0 Å². The summed E-state index contributed by atoms with van der Waals surface area (Å²) in [5.74, 6) is -1.64. The number of carboxylic acids is 1. The Labute approximate surface area is 244 Å². The number of rotatable bonds is 10. The number of carbonyl (C=O) groups is 4. The van der Waals surface area contributed by atoms with Crippen LogP contribution in [0.4, 0.5) is 16.2 Å². The Balaban J connectivity index is 1.55. The van der Waals surface area contributed by atoms with Crippen molar-refractivity contribution in [1.82, 2.24) is 25.5 Å². The summed E-state index contributed by atoms with van der Waals surface area (Å²) >= 11 is 0. The lowest BCUT2D eigenvalue weighted by Gasteiger charge is -2.27. The average molecular weight is 574 g/mol. The largest absolute Gasteiger partial charge is 0.481 e. The number of urea groups is 1. The Morgan fingerprint density at radius 2 is 1.74 bits per heavy atom. The Morgan fingerprint density at radius 1 is 0.952 bits per heavy atom. The first-order chi connectivity index (χ1) is 20.4. The van der Waals surface area contributed by atoms with Gasteiger partial charge < -0.3 is 30.9 Å². The summed E-state index contributed by atoms with van der Waals surface area (Å²) < 4.78 is 0. The molecule has 220 valence electrons. The van der Waals surface area contributed by atoms with Gasteiger partial charge in [-0.25, -0.2) is 4.79 Å². The van der Waals surface area contributed by atoms with Crippen molar-refractivity contribution < 1.29 is 24.3 Å². The quantitative estimate of drug-likeness (QED) is 0.288. The molecular weight excluding hydrogens is 538 g/mol. The number of benzene rings is 1. The minimum atomic E-state index is -1.06. The van der Waals surface area contributed by atoms with E-state index >= 15 is 0 Å². The van der Waals surface area contributed by atoms with Crippen molar-refractivity contribution in [3.63, 3.8) is 0 Å². The first-order valence-electron chi connectivity index (χ1n) is 13.9. The molecule has 1 aromatic carbocycles. The van der Waals surface area contributed by atoms with Crippen LogP contribution < -0.4 is 20.9 Å². The molecular formula is C30H35N7O5. The van der Waals surface area contributed by atoms with Crippen LogP contribution >= 0.6 is 0 Å². The second kappa shape index (κ2) is 14.6. The van der Waals surface area contributed by atoms with Crippen molar-refractivity contribution >= 4 is 35.2 Å². The number of pyridine rings is 2. The fourth-order valence-corrected chi connectivity index (χ4v) is 4.74. The lowest BCUT2D eigenvalue weighted by atomic mass is 10.0. The highest BCUT2D eigenvalue weighted by Gasteiger charge is 2.24. The van der Waals surface area contributed by atoms with Gasteiger partial charge in [0.2, 0.25) is 0 Å². The Kier molecular flexibility index (Phi) is 10.4. The van der Waals surface area contributed by atoms with Gasteiger partial charge in [0, 0.05) is 63.1 Å². The van der Waals surface area contributed by atoms with Crippen LogP contribution in [0.3, 0.4) is 0 Å². The number of amides is 4. The second-order valence-corrected chi connectivity index (χ2v) is 9.90. The van der Waals surface area contributed by atoms with E-state index in [1.165, 1.54) is 6.20 Å². The molecule has 4 amide bonds. The van der Waals surface area contributed by atoms with Gasteiger partial charge in [0.05, 0.1) is 29.4 Å². The first-order valence-corrected chi connectivity index (χ1v) is 13.9. The molecule has 0 bridgehead atoms. The molecule has 0 saturated carbocycles. The molecule has 1 fully saturated rings. The molecule has 12 heteroatoms. The number of carbonyl (C=O) groups excluding carboxylic acids is 3. The van der Waals surface area contributed by atoms with Crippen LogP contribution in [0.25, 0.3) is 0 Å². The lowest BCUT2D eigenvalue weighted by Crippen LogP contribution is -2.36. The summed E-state index contributed by atoms with van der Waals surface area (Å²) in [6, 6.07) is 10.7. The minimum absolute atomic E-state index is 0.0845. The normalized spacial score (nSPS) is 13.9. The Morgan fingerprint density at radius 3 is 2.43 bits per heavy atom. The Hall–Kier alpha value is -5.00. The van der Waals surface area contributed by atoms with Crippen LogP contribution in [-0.2, 0) is 4.79 Å². The van der Waals surface area contributed by atoms with Crippen molar-refractivity contribution in [3.8, 4) is 0 Å². The Bertz CT molecular complexity index is 1390. The number of carboxylic acid groups (broad SMARTS) is 1. The highest BCUT2D eigenvalue weighted by Crippen LogP contribution is 2.29. The van der Waals surface area contributed by atoms with Gasteiger partial charge in [-0.05, 0) is 54.8 Å². The number of aromatic nitrogens is 2. The number of nitrogens with one attached hydrogen (secondary N) is 3. The predicted molar refractivity (Wildman–Crippen MR) is 157 cm³/mol. The first kappa shape index (κ1) is 30.0. The van der Waals surface area contributed by atoms with Crippen LogP contribution in [0.2, 0.25) is 0 Å². The fourth-order valence-electron chi connectivity index (χ4n) is 4.74. The summed E-state index contributed by atoms with van der Waals surface area (Å²) in [4.78, 5) is 62.4. The number of anilines is 2. The van der Waals surface area contributed by atoms with Gasteiger partial charge in [-0.3, -0.25) is 24.4 Å². The molecule has 1 atom stereocenters. The van der Waals surface area contributed by atoms with E-state index in [2.05, 4.69) is 30.8 Å². The second-order valence-electron chi connectivity index (χ2n) is 9.90. The molecule has 2 aromatic heterocycles. The summed E-state index contributed by atoms with van der Waals surface area (Å²) in [5, 5.41) is 17.9. The van der Waals surface area contributed by atoms with Gasteiger partial charge in [-0.1, -0.05) is 13.0 Å². The molecule has 3 heterocycles. The van der Waals surface area contributed by atoms with E-state index in [1.807, 2.05) is 6.92 Å². The van der Waals surface area contributed by atoms with E-state index in [9.17, 15) is 24.3 Å². The summed E-state index contributed by atoms with van der Waals surface area (Å²) in [5.41, 5.74) is 2.50. The third-order valence-corrected chi connectivity index (χ3v) is 6.85. The molecule has 4 N–H and O–H groups in total. The zero-order valence-corrected chi connectivity index (χ0v) is 23.5. The topological polar surface area (TPSA) is 157 Å². The molecule has 0 aliphatic carbocycles. The number of aliphatic carboxylic acids is 1. The van der Waals surface area contributed by atoms with Gasteiger partial charge in [-0.15, -0.1) is 0 Å². The van der Waals surface area contributed by atoms with Gasteiger partial charge >= 0.3 is 12.0 Å². The summed E-state index contributed by atoms with van der Waals surface area (Å²) in [7, 11) is 0. The monoisotopic (exact) mass is 573 g/mol. The molecule has 42 heavy (non-hydrogen) atoms. The smallest absolute Gasteiger partial charge is 0.319 e. The maximum Gasteiger partial charge on any atom is 0.319 e. The van der Waals surface area contributed by atoms with Crippen molar-refractivity contribution in [2.24, 2.45) is 0 Å². The van der Waals surface area contributed by atoms with Crippen molar-refractivity contribution in [2.75, 3.05) is 42.9 Å². The van der Waals surface area contributed by atoms with Crippen molar-refractivity contribution in [2.45, 2.75) is 32.2 Å². The SMILES string of the molecule is CCCNC(=O)Nc1cc(C(=O)NC(CC(=O)O)c2cccnc2)ccc1N1CCCN(C(=O)c2cccnc2)CC1. The average Bonchev–Trinajstić information content (AvgIpc) is 3.26.